The van der Waals surface area contributed by atoms with Crippen molar-refractivity contribution in [2.24, 2.45) is 0 Å². The molecule has 0 spiro atoms. The normalized spacial score (nSPS) is 29.8. The summed E-state index contributed by atoms with van der Waals surface area (Å²) in [5.74, 6) is 0. The van der Waals surface area contributed by atoms with Crippen LogP contribution in [0.4, 0.5) is 0 Å². The summed E-state index contributed by atoms with van der Waals surface area (Å²) in [6, 6.07) is 0. The zero-order chi connectivity index (χ0) is 7.78. The van der Waals surface area contributed by atoms with Crippen molar-refractivity contribution in [3.63, 3.8) is 0 Å². The summed E-state index contributed by atoms with van der Waals surface area (Å²) in [7, 11) is 0. The third-order valence-corrected chi connectivity index (χ3v) is 1.48. The van der Waals surface area contributed by atoms with Gasteiger partial charge in [0, 0.05) is 0 Å². The molecule has 11 heavy (non-hydrogen) atoms. The quantitative estimate of drug-likeness (QED) is 0.459. The fourth-order valence-electron chi connectivity index (χ4n) is 0.894. The summed E-state index contributed by atoms with van der Waals surface area (Å²) in [5, 5.41) is 0. The maximum absolute atomic E-state index is 3.06. The number of hydrogen-bond acceptors (Lipinski definition) is 0. The van der Waals surface area contributed by atoms with E-state index < -0.39 is 0 Å². The van der Waals surface area contributed by atoms with Gasteiger partial charge in [-0.15, -0.1) is 0 Å². The zero-order valence-electron chi connectivity index (χ0n) is 6.66. The van der Waals surface area contributed by atoms with E-state index in [9.17, 15) is 0 Å². The first kappa shape index (κ1) is 8.06. The second kappa shape index (κ2) is 5.72. The summed E-state index contributed by atoms with van der Waals surface area (Å²) in [4.78, 5) is 0. The molecule has 0 nitrogen and oxygen atoms in total. The molecule has 0 fully saturated rings. The average Bonchev–Trinajstić information content (AvgIpc) is 2.08. The molecule has 0 atom stereocenters. The van der Waals surface area contributed by atoms with Gasteiger partial charge in [-0.05, 0) is 25.3 Å². The van der Waals surface area contributed by atoms with Crippen LogP contribution in [-0.2, 0) is 0 Å². The molecule has 1 rings (SSSR count). The third-order valence-electron chi connectivity index (χ3n) is 1.48. The highest BCUT2D eigenvalue weighted by Crippen LogP contribution is 1.97. The molecule has 1 radical (unpaired) electrons. The van der Waals surface area contributed by atoms with Gasteiger partial charge in [0.1, 0.15) is 0 Å². The molecule has 0 amide bonds. The molecule has 0 saturated heterocycles. The third kappa shape index (κ3) is 4.38. The van der Waals surface area contributed by atoms with Gasteiger partial charge in [0.2, 0.25) is 0 Å². The van der Waals surface area contributed by atoms with Crippen molar-refractivity contribution in [2.75, 3.05) is 0 Å². The zero-order valence-corrected chi connectivity index (χ0v) is 6.66. The van der Waals surface area contributed by atoms with Crippen LogP contribution in [0.3, 0.4) is 0 Å². The van der Waals surface area contributed by atoms with Crippen LogP contribution in [0, 0.1) is 6.08 Å². The van der Waals surface area contributed by atoms with E-state index in [1.54, 1.807) is 0 Å². The topological polar surface area (TPSA) is 0 Å². The highest BCUT2D eigenvalue weighted by molar-refractivity contribution is 5.08. The Bertz CT molecular complexity index is 192. The van der Waals surface area contributed by atoms with Gasteiger partial charge < -0.3 is 0 Å². The van der Waals surface area contributed by atoms with Crippen molar-refractivity contribution in [1.82, 2.24) is 0 Å². The smallest absolute Gasteiger partial charge is 0.0166 e. The van der Waals surface area contributed by atoms with Crippen LogP contribution >= 0.6 is 0 Å². The number of rotatable bonds is 0. The first-order valence-corrected chi connectivity index (χ1v) is 4.04. The molecule has 57 valence electrons. The minimum absolute atomic E-state index is 1.04. The van der Waals surface area contributed by atoms with Crippen molar-refractivity contribution in [3.8, 4) is 0 Å². The van der Waals surface area contributed by atoms with Gasteiger partial charge in [0.05, 0.1) is 0 Å². The molecule has 0 aliphatic heterocycles. The Morgan fingerprint density at radius 1 is 0.909 bits per heavy atom. The van der Waals surface area contributed by atoms with Gasteiger partial charge in [0.15, 0.2) is 0 Å². The van der Waals surface area contributed by atoms with Crippen molar-refractivity contribution in [2.45, 2.75) is 19.3 Å². The Morgan fingerprint density at radius 3 is 2.82 bits per heavy atom. The molecule has 0 aromatic rings. The second-order valence-corrected chi connectivity index (χ2v) is 2.45. The van der Waals surface area contributed by atoms with E-state index >= 15 is 0 Å². The van der Waals surface area contributed by atoms with Gasteiger partial charge in [-0.3, -0.25) is 0 Å². The lowest BCUT2D eigenvalue weighted by molar-refractivity contribution is 1.04. The van der Waals surface area contributed by atoms with Gasteiger partial charge in [0.25, 0.3) is 0 Å². The maximum atomic E-state index is 3.06. The fraction of sp³-hybridized carbons (Fsp3) is 0.273. The lowest BCUT2D eigenvalue weighted by Crippen LogP contribution is -1.63. The Kier molecular flexibility index (Phi) is 4.19. The van der Waals surface area contributed by atoms with E-state index in [2.05, 4.69) is 30.4 Å². The van der Waals surface area contributed by atoms with Gasteiger partial charge in [-0.2, -0.15) is 0 Å². The first-order chi connectivity index (χ1) is 5.50. The molecule has 0 aromatic heterocycles. The first-order valence-electron chi connectivity index (χ1n) is 4.04. The Labute approximate surface area is 68.6 Å². The van der Waals surface area contributed by atoms with Gasteiger partial charge >= 0.3 is 0 Å². The summed E-state index contributed by atoms with van der Waals surface area (Å²) in [6.07, 6.45) is 21.0. The van der Waals surface area contributed by atoms with Crippen molar-refractivity contribution < 1.29 is 0 Å². The van der Waals surface area contributed by atoms with E-state index in [1.165, 1.54) is 0 Å². The van der Waals surface area contributed by atoms with E-state index in [4.69, 9.17) is 0 Å². The fourth-order valence-corrected chi connectivity index (χ4v) is 0.894. The SMILES string of the molecule is [C]1=C\C=C/C/C=C\CC\C=C/1. The van der Waals surface area contributed by atoms with Crippen LogP contribution in [0.1, 0.15) is 19.3 Å². The Hall–Kier alpha value is -1.04. The van der Waals surface area contributed by atoms with Crippen LogP contribution in [-0.4, -0.2) is 0 Å². The Morgan fingerprint density at radius 2 is 1.82 bits per heavy atom. The summed E-state index contributed by atoms with van der Waals surface area (Å²) < 4.78 is 0. The van der Waals surface area contributed by atoms with Crippen molar-refractivity contribution >= 4 is 0 Å². The molecule has 0 saturated carbocycles. The van der Waals surface area contributed by atoms with Gasteiger partial charge in [-0.1, -0.05) is 42.5 Å². The van der Waals surface area contributed by atoms with E-state index in [0.29, 0.717) is 0 Å². The predicted octanol–water partition coefficient (Wildman–Crippen LogP) is 3.20. The average molecular weight is 145 g/mol. The Balaban J connectivity index is 2.47. The second-order valence-electron chi connectivity index (χ2n) is 2.45. The molecule has 1 aliphatic carbocycles. The molecular formula is C11H13. The van der Waals surface area contributed by atoms with Crippen LogP contribution in [0.5, 0.6) is 0 Å². The lowest BCUT2D eigenvalue weighted by Gasteiger charge is -1.83. The highest BCUT2D eigenvalue weighted by atomic mass is 13.8. The van der Waals surface area contributed by atoms with Gasteiger partial charge in [-0.25, -0.2) is 0 Å². The lowest BCUT2D eigenvalue weighted by atomic mass is 10.2. The monoisotopic (exact) mass is 145 g/mol. The largest absolute Gasteiger partial charge is 0.0879 e. The molecule has 0 heterocycles. The van der Waals surface area contributed by atoms with Crippen LogP contribution in [0.15, 0.2) is 42.5 Å². The minimum Gasteiger partial charge on any atom is -0.0879 e. The van der Waals surface area contributed by atoms with Crippen molar-refractivity contribution in [1.29, 1.82) is 0 Å². The van der Waals surface area contributed by atoms with Crippen LogP contribution in [0.25, 0.3) is 0 Å². The molecule has 0 N–H and O–H groups in total. The molecule has 0 aromatic carbocycles. The van der Waals surface area contributed by atoms with E-state index in [0.717, 1.165) is 19.3 Å². The van der Waals surface area contributed by atoms with Crippen molar-refractivity contribution in [3.05, 3.63) is 48.6 Å². The van der Waals surface area contributed by atoms with Crippen LogP contribution in [0.2, 0.25) is 0 Å². The molecule has 0 heteroatoms. The number of hydrogen-bond donors (Lipinski definition) is 0. The summed E-state index contributed by atoms with van der Waals surface area (Å²) in [5.41, 5.74) is 0. The highest BCUT2D eigenvalue weighted by Gasteiger charge is 1.76. The molecule has 0 bridgehead atoms. The predicted molar refractivity (Wildman–Crippen MR) is 49.1 cm³/mol. The molecule has 0 unspecified atom stereocenters. The van der Waals surface area contributed by atoms with E-state index in [-0.39, 0.29) is 0 Å². The maximum Gasteiger partial charge on any atom is -0.0166 e. The number of allylic oxidation sites excluding steroid dienone is 8. The van der Waals surface area contributed by atoms with E-state index in [1.807, 2.05) is 18.2 Å². The summed E-state index contributed by atoms with van der Waals surface area (Å²) >= 11 is 0. The molecular weight excluding hydrogens is 132 g/mol. The molecule has 1 aliphatic rings. The standard InChI is InChI=1S/C11H13/c1-2-4-6-8-10-11-9-7-5-3-1/h1-3,6-9H,4,10-11H2/b2-1-,5-3?,8-6-,9-7-. The minimum atomic E-state index is 1.04. The summed E-state index contributed by atoms with van der Waals surface area (Å²) in [6.45, 7) is 0. The van der Waals surface area contributed by atoms with Crippen LogP contribution < -0.4 is 0 Å².